The fraction of sp³-hybridized carbons (Fsp3) is 0.625. The summed E-state index contributed by atoms with van der Waals surface area (Å²) in [4.78, 5) is 0. The van der Waals surface area contributed by atoms with Crippen LogP contribution in [0.3, 0.4) is 0 Å². The molecule has 0 aromatic heterocycles. The van der Waals surface area contributed by atoms with Crippen molar-refractivity contribution >= 4 is 0 Å². The quantitative estimate of drug-likeness (QED) is 0.856. The highest BCUT2D eigenvalue weighted by molar-refractivity contribution is 5.37. The van der Waals surface area contributed by atoms with E-state index in [-0.39, 0.29) is 6.04 Å². The molecular weight excluding hydrogens is 220 g/mol. The maximum atomic E-state index is 6.23. The van der Waals surface area contributed by atoms with Crippen molar-refractivity contribution in [1.29, 1.82) is 0 Å². The Hall–Kier alpha value is -0.860. The van der Waals surface area contributed by atoms with Gasteiger partial charge >= 0.3 is 0 Å². The number of fused-ring (bicyclic) bond motifs is 1. The maximum absolute atomic E-state index is 6.23. The fourth-order valence-corrected chi connectivity index (χ4v) is 3.74. The number of nitrogens with one attached hydrogen (secondary N) is 1. The van der Waals surface area contributed by atoms with E-state index in [1.54, 1.807) is 0 Å². The summed E-state index contributed by atoms with van der Waals surface area (Å²) in [5.74, 6) is 0.869. The minimum atomic E-state index is 0.217. The number of benzene rings is 1. The van der Waals surface area contributed by atoms with E-state index in [0.29, 0.717) is 12.1 Å². The normalized spacial score (nSPS) is 29.4. The molecular formula is C16H24N2. The van der Waals surface area contributed by atoms with Crippen molar-refractivity contribution in [1.82, 2.24) is 5.32 Å². The van der Waals surface area contributed by atoms with Crippen LogP contribution < -0.4 is 11.1 Å². The average Bonchev–Trinajstić information content (AvgIpc) is 3.00. The van der Waals surface area contributed by atoms with Crippen molar-refractivity contribution in [3.63, 3.8) is 0 Å². The molecule has 2 aliphatic carbocycles. The average molecular weight is 244 g/mol. The lowest BCUT2D eigenvalue weighted by Gasteiger charge is -2.25. The fourth-order valence-electron chi connectivity index (χ4n) is 3.74. The van der Waals surface area contributed by atoms with Crippen molar-refractivity contribution in [3.05, 3.63) is 35.4 Å². The van der Waals surface area contributed by atoms with E-state index in [1.165, 1.54) is 36.8 Å². The van der Waals surface area contributed by atoms with Crippen molar-refractivity contribution < 1.29 is 0 Å². The van der Waals surface area contributed by atoms with Crippen molar-refractivity contribution in [2.45, 2.75) is 57.2 Å². The second-order valence-electron chi connectivity index (χ2n) is 6.02. The van der Waals surface area contributed by atoms with Gasteiger partial charge in [0.15, 0.2) is 0 Å². The summed E-state index contributed by atoms with van der Waals surface area (Å²) in [6, 6.07) is 9.95. The number of hydrogen-bond donors (Lipinski definition) is 2. The molecule has 0 aliphatic heterocycles. The molecule has 98 valence electrons. The Morgan fingerprint density at radius 2 is 1.83 bits per heavy atom. The molecule has 3 rings (SSSR count). The summed E-state index contributed by atoms with van der Waals surface area (Å²) in [7, 11) is 0. The first-order chi connectivity index (χ1) is 8.75. The molecule has 0 spiro atoms. The third-order valence-corrected chi connectivity index (χ3v) is 4.83. The third kappa shape index (κ3) is 2.19. The summed E-state index contributed by atoms with van der Waals surface area (Å²) >= 11 is 0. The monoisotopic (exact) mass is 244 g/mol. The van der Waals surface area contributed by atoms with Gasteiger partial charge in [-0.3, -0.25) is 0 Å². The third-order valence-electron chi connectivity index (χ3n) is 4.83. The molecule has 0 heterocycles. The molecule has 1 aromatic rings. The van der Waals surface area contributed by atoms with Crippen LogP contribution in [-0.2, 0) is 0 Å². The van der Waals surface area contributed by atoms with Crippen molar-refractivity contribution in [2.75, 3.05) is 0 Å². The minimum absolute atomic E-state index is 0.217. The van der Waals surface area contributed by atoms with Gasteiger partial charge in [-0.25, -0.2) is 0 Å². The van der Waals surface area contributed by atoms with E-state index in [4.69, 9.17) is 5.73 Å². The van der Waals surface area contributed by atoms with Gasteiger partial charge in [-0.15, -0.1) is 0 Å². The lowest BCUT2D eigenvalue weighted by atomic mass is 9.98. The van der Waals surface area contributed by atoms with Gasteiger partial charge in [0.25, 0.3) is 0 Å². The molecule has 1 saturated carbocycles. The predicted octanol–water partition coefficient (Wildman–Crippen LogP) is 3.30. The molecule has 2 aliphatic rings. The van der Waals surface area contributed by atoms with Crippen LogP contribution in [0.2, 0.25) is 0 Å². The molecule has 2 heteroatoms. The van der Waals surface area contributed by atoms with Gasteiger partial charge in [0.1, 0.15) is 0 Å². The van der Waals surface area contributed by atoms with E-state index in [2.05, 4.69) is 36.5 Å². The molecule has 2 unspecified atom stereocenters. The number of nitrogens with two attached hydrogens (primary N) is 1. The standard InChI is InChI=1S/C16H24N2/c1-11(12-6-2-3-7-12)18-16-10-15(17)13-8-4-5-9-14(13)16/h4-5,8-9,11-12,15-16,18H,2-3,6-7,10,17H2,1H3/t11-,15?,16?/m1/s1. The van der Waals surface area contributed by atoms with Crippen LogP contribution in [0, 0.1) is 5.92 Å². The van der Waals surface area contributed by atoms with E-state index in [0.717, 1.165) is 12.3 Å². The molecule has 2 nitrogen and oxygen atoms in total. The Labute approximate surface area is 110 Å². The zero-order valence-corrected chi connectivity index (χ0v) is 11.2. The molecule has 0 amide bonds. The van der Waals surface area contributed by atoms with Crippen LogP contribution in [-0.4, -0.2) is 6.04 Å². The van der Waals surface area contributed by atoms with Crippen LogP contribution in [0.1, 0.15) is 62.2 Å². The highest BCUT2D eigenvalue weighted by Gasteiger charge is 2.31. The van der Waals surface area contributed by atoms with Gasteiger partial charge < -0.3 is 11.1 Å². The zero-order chi connectivity index (χ0) is 12.5. The van der Waals surface area contributed by atoms with E-state index in [9.17, 15) is 0 Å². The summed E-state index contributed by atoms with van der Waals surface area (Å²) < 4.78 is 0. The summed E-state index contributed by atoms with van der Waals surface area (Å²) in [5, 5.41) is 3.83. The van der Waals surface area contributed by atoms with Crippen LogP contribution in [0.5, 0.6) is 0 Å². The number of rotatable bonds is 3. The van der Waals surface area contributed by atoms with Crippen molar-refractivity contribution in [2.24, 2.45) is 11.7 Å². The molecule has 0 saturated heterocycles. The molecule has 3 atom stereocenters. The molecule has 18 heavy (non-hydrogen) atoms. The van der Waals surface area contributed by atoms with Gasteiger partial charge in [0.2, 0.25) is 0 Å². The van der Waals surface area contributed by atoms with Crippen LogP contribution in [0.15, 0.2) is 24.3 Å². The highest BCUT2D eigenvalue weighted by atomic mass is 15.0. The summed E-state index contributed by atoms with van der Waals surface area (Å²) in [6.07, 6.45) is 6.68. The van der Waals surface area contributed by atoms with Crippen LogP contribution in [0.4, 0.5) is 0 Å². The molecule has 0 bridgehead atoms. The Morgan fingerprint density at radius 1 is 1.17 bits per heavy atom. The first-order valence-corrected chi connectivity index (χ1v) is 7.36. The van der Waals surface area contributed by atoms with E-state index >= 15 is 0 Å². The highest BCUT2D eigenvalue weighted by Crippen LogP contribution is 2.38. The lowest BCUT2D eigenvalue weighted by molar-refractivity contribution is 0.337. The van der Waals surface area contributed by atoms with Gasteiger partial charge in [0, 0.05) is 18.1 Å². The Kier molecular flexibility index (Phi) is 3.40. The van der Waals surface area contributed by atoms with Crippen LogP contribution >= 0.6 is 0 Å². The zero-order valence-electron chi connectivity index (χ0n) is 11.2. The Morgan fingerprint density at radius 3 is 2.56 bits per heavy atom. The Balaban J connectivity index is 1.71. The maximum Gasteiger partial charge on any atom is 0.0344 e. The molecule has 1 aromatic carbocycles. The summed E-state index contributed by atoms with van der Waals surface area (Å²) in [6.45, 7) is 2.35. The first kappa shape index (κ1) is 12.2. The predicted molar refractivity (Wildman–Crippen MR) is 75.3 cm³/mol. The largest absolute Gasteiger partial charge is 0.324 e. The second-order valence-corrected chi connectivity index (χ2v) is 6.02. The van der Waals surface area contributed by atoms with Gasteiger partial charge in [-0.1, -0.05) is 37.1 Å². The summed E-state index contributed by atoms with van der Waals surface area (Å²) in [5.41, 5.74) is 8.99. The van der Waals surface area contributed by atoms with E-state index < -0.39 is 0 Å². The molecule has 0 radical (unpaired) electrons. The lowest BCUT2D eigenvalue weighted by Crippen LogP contribution is -2.34. The molecule has 3 N–H and O–H groups in total. The minimum Gasteiger partial charge on any atom is -0.324 e. The van der Waals surface area contributed by atoms with Crippen LogP contribution in [0.25, 0.3) is 0 Å². The topological polar surface area (TPSA) is 38.0 Å². The van der Waals surface area contributed by atoms with Gasteiger partial charge in [-0.2, -0.15) is 0 Å². The van der Waals surface area contributed by atoms with Gasteiger partial charge in [0.05, 0.1) is 0 Å². The van der Waals surface area contributed by atoms with E-state index in [1.807, 2.05) is 0 Å². The Bertz CT molecular complexity index is 409. The van der Waals surface area contributed by atoms with Gasteiger partial charge in [-0.05, 0) is 43.2 Å². The number of hydrogen-bond acceptors (Lipinski definition) is 2. The van der Waals surface area contributed by atoms with Crippen molar-refractivity contribution in [3.8, 4) is 0 Å². The smallest absolute Gasteiger partial charge is 0.0344 e. The second kappa shape index (κ2) is 5.02. The first-order valence-electron chi connectivity index (χ1n) is 7.36. The molecule has 1 fully saturated rings. The SMILES string of the molecule is C[C@@H](NC1CC(N)c2ccccc21)C1CCCC1.